The van der Waals surface area contributed by atoms with Crippen LogP contribution in [0.1, 0.15) is 32.3 Å². The minimum absolute atomic E-state index is 0.0172. The number of hydrogen-bond acceptors (Lipinski definition) is 4. The van der Waals surface area contributed by atoms with Crippen LogP contribution in [0.2, 0.25) is 0 Å². The summed E-state index contributed by atoms with van der Waals surface area (Å²) >= 11 is 0. The molecule has 0 spiro atoms. The molecule has 0 aliphatic carbocycles. The van der Waals surface area contributed by atoms with Gasteiger partial charge < -0.3 is 15.1 Å². The maximum absolute atomic E-state index is 12.6. The predicted molar refractivity (Wildman–Crippen MR) is 90.5 cm³/mol. The summed E-state index contributed by atoms with van der Waals surface area (Å²) in [5.74, 6) is -0.156. The smallest absolute Gasteiger partial charge is 0.245 e. The standard InChI is InChI=1S/C17H25N5O3/c1-11-7-18-20(8-11)5-4-16(24)21-10-15-6-14(19-13(3)23)9-22(15)17(25)12(21)2/h7-8,12,14-15H,4-6,9-10H2,1-3H3,(H,19,23)/t12-,14-,15-/m0/s1. The average Bonchev–Trinajstić information content (AvgIpc) is 3.14. The lowest BCUT2D eigenvalue weighted by molar-refractivity contribution is -0.152. The van der Waals surface area contributed by atoms with Gasteiger partial charge in [-0.3, -0.25) is 19.1 Å². The molecule has 8 heteroatoms. The largest absolute Gasteiger partial charge is 0.352 e. The van der Waals surface area contributed by atoms with Gasteiger partial charge in [-0.15, -0.1) is 0 Å². The normalized spacial score (nSPS) is 25.9. The molecular weight excluding hydrogens is 322 g/mol. The highest BCUT2D eigenvalue weighted by Crippen LogP contribution is 2.26. The molecule has 0 saturated carbocycles. The molecule has 2 fully saturated rings. The van der Waals surface area contributed by atoms with Gasteiger partial charge in [-0.2, -0.15) is 5.10 Å². The summed E-state index contributed by atoms with van der Waals surface area (Å²) in [4.78, 5) is 40.0. The third-order valence-electron chi connectivity index (χ3n) is 4.97. The van der Waals surface area contributed by atoms with Gasteiger partial charge in [0.15, 0.2) is 0 Å². The number of carbonyl (C=O) groups is 3. The fraction of sp³-hybridized carbons (Fsp3) is 0.647. The predicted octanol–water partition coefficient (Wildman–Crippen LogP) is -0.0821. The van der Waals surface area contributed by atoms with Crippen molar-refractivity contribution in [1.82, 2.24) is 24.9 Å². The molecule has 1 N–H and O–H groups in total. The van der Waals surface area contributed by atoms with E-state index in [1.165, 1.54) is 6.92 Å². The van der Waals surface area contributed by atoms with Crippen LogP contribution < -0.4 is 5.32 Å². The van der Waals surface area contributed by atoms with Crippen molar-refractivity contribution in [2.45, 2.75) is 58.3 Å². The number of nitrogens with one attached hydrogen (secondary N) is 1. The maximum Gasteiger partial charge on any atom is 0.245 e. The van der Waals surface area contributed by atoms with Crippen LogP contribution in [0.4, 0.5) is 0 Å². The average molecular weight is 347 g/mol. The Hall–Kier alpha value is -2.38. The fourth-order valence-corrected chi connectivity index (χ4v) is 3.77. The number of nitrogens with zero attached hydrogens (tertiary/aromatic N) is 4. The van der Waals surface area contributed by atoms with Crippen molar-refractivity contribution < 1.29 is 14.4 Å². The first-order chi connectivity index (χ1) is 11.8. The van der Waals surface area contributed by atoms with Gasteiger partial charge in [0.2, 0.25) is 17.7 Å². The van der Waals surface area contributed by atoms with Crippen LogP contribution in [0, 0.1) is 6.92 Å². The van der Waals surface area contributed by atoms with Gasteiger partial charge in [0.1, 0.15) is 6.04 Å². The Morgan fingerprint density at radius 2 is 2.12 bits per heavy atom. The Morgan fingerprint density at radius 1 is 1.36 bits per heavy atom. The van der Waals surface area contributed by atoms with Crippen molar-refractivity contribution in [3.05, 3.63) is 18.0 Å². The minimum atomic E-state index is -0.459. The van der Waals surface area contributed by atoms with Crippen LogP contribution in [0.5, 0.6) is 0 Å². The first kappa shape index (κ1) is 17.4. The molecule has 2 saturated heterocycles. The molecule has 0 bridgehead atoms. The first-order valence-electron chi connectivity index (χ1n) is 8.71. The number of aromatic nitrogens is 2. The molecule has 1 aromatic rings. The zero-order valence-electron chi connectivity index (χ0n) is 14.9. The zero-order valence-corrected chi connectivity index (χ0v) is 14.9. The van der Waals surface area contributed by atoms with Crippen LogP contribution in [0.25, 0.3) is 0 Å². The van der Waals surface area contributed by atoms with E-state index < -0.39 is 6.04 Å². The second-order valence-corrected chi connectivity index (χ2v) is 7.03. The van der Waals surface area contributed by atoms with E-state index in [1.54, 1.807) is 22.7 Å². The summed E-state index contributed by atoms with van der Waals surface area (Å²) in [7, 11) is 0. The summed E-state index contributed by atoms with van der Waals surface area (Å²) < 4.78 is 1.75. The van der Waals surface area contributed by atoms with Gasteiger partial charge in [-0.05, 0) is 25.8 Å². The van der Waals surface area contributed by atoms with Crippen molar-refractivity contribution in [2.75, 3.05) is 13.1 Å². The minimum Gasteiger partial charge on any atom is -0.352 e. The third kappa shape index (κ3) is 3.67. The van der Waals surface area contributed by atoms with E-state index in [2.05, 4.69) is 10.4 Å². The highest BCUT2D eigenvalue weighted by Gasteiger charge is 2.45. The van der Waals surface area contributed by atoms with Gasteiger partial charge in [0, 0.05) is 45.2 Å². The Kier molecular flexibility index (Phi) is 4.78. The molecule has 25 heavy (non-hydrogen) atoms. The summed E-state index contributed by atoms with van der Waals surface area (Å²) in [6, 6.07) is -0.503. The fourth-order valence-electron chi connectivity index (χ4n) is 3.77. The summed E-state index contributed by atoms with van der Waals surface area (Å²) in [5, 5.41) is 7.07. The molecule has 0 aromatic carbocycles. The van der Waals surface area contributed by atoms with Crippen molar-refractivity contribution in [1.29, 1.82) is 0 Å². The van der Waals surface area contributed by atoms with Crippen molar-refractivity contribution in [3.8, 4) is 0 Å². The maximum atomic E-state index is 12.6. The van der Waals surface area contributed by atoms with Gasteiger partial charge in [-0.1, -0.05) is 0 Å². The molecule has 2 aliphatic rings. The van der Waals surface area contributed by atoms with Gasteiger partial charge in [0.05, 0.1) is 12.2 Å². The van der Waals surface area contributed by atoms with E-state index >= 15 is 0 Å². The second kappa shape index (κ2) is 6.85. The summed E-state index contributed by atoms with van der Waals surface area (Å²) in [5.41, 5.74) is 1.06. The number of carbonyl (C=O) groups excluding carboxylic acids is 3. The second-order valence-electron chi connectivity index (χ2n) is 7.03. The molecule has 3 heterocycles. The molecule has 0 radical (unpaired) electrons. The topological polar surface area (TPSA) is 87.5 Å². The van der Waals surface area contributed by atoms with E-state index in [-0.39, 0.29) is 29.8 Å². The van der Waals surface area contributed by atoms with Crippen LogP contribution in [0.15, 0.2) is 12.4 Å². The van der Waals surface area contributed by atoms with Gasteiger partial charge in [-0.25, -0.2) is 0 Å². The molecule has 3 amide bonds. The van der Waals surface area contributed by atoms with E-state index in [9.17, 15) is 14.4 Å². The highest BCUT2D eigenvalue weighted by atomic mass is 16.2. The van der Waals surface area contributed by atoms with Crippen LogP contribution >= 0.6 is 0 Å². The summed E-state index contributed by atoms with van der Waals surface area (Å²) in [6.07, 6.45) is 4.67. The monoisotopic (exact) mass is 347 g/mol. The third-order valence-corrected chi connectivity index (χ3v) is 4.97. The molecule has 8 nitrogen and oxygen atoms in total. The molecule has 3 atom stereocenters. The SMILES string of the molecule is CC(=O)N[C@H]1C[C@H]2CN(C(=O)CCn3cc(C)cn3)[C@@H](C)C(=O)N2C1. The molecule has 2 aliphatic heterocycles. The van der Waals surface area contributed by atoms with Crippen molar-refractivity contribution in [3.63, 3.8) is 0 Å². The lowest BCUT2D eigenvalue weighted by atomic mass is 10.1. The van der Waals surface area contributed by atoms with Crippen LogP contribution in [0.3, 0.4) is 0 Å². The summed E-state index contributed by atoms with van der Waals surface area (Å²) in [6.45, 7) is 6.78. The first-order valence-corrected chi connectivity index (χ1v) is 8.71. The Labute approximate surface area is 147 Å². The lowest BCUT2D eigenvalue weighted by Crippen LogP contribution is -2.60. The lowest BCUT2D eigenvalue weighted by Gasteiger charge is -2.41. The molecule has 136 valence electrons. The zero-order chi connectivity index (χ0) is 18.1. The number of hydrogen-bond donors (Lipinski definition) is 1. The van der Waals surface area contributed by atoms with Crippen molar-refractivity contribution >= 4 is 17.7 Å². The quantitative estimate of drug-likeness (QED) is 0.825. The van der Waals surface area contributed by atoms with E-state index in [4.69, 9.17) is 0 Å². The molecule has 1 aromatic heterocycles. The molecule has 3 rings (SSSR count). The van der Waals surface area contributed by atoms with Crippen molar-refractivity contribution in [2.24, 2.45) is 0 Å². The molecule has 0 unspecified atom stereocenters. The number of piperazine rings is 1. The van der Waals surface area contributed by atoms with Gasteiger partial charge in [0.25, 0.3) is 0 Å². The number of rotatable bonds is 4. The Bertz CT molecular complexity index is 686. The number of aryl methyl sites for hydroxylation is 2. The molecular formula is C17H25N5O3. The van der Waals surface area contributed by atoms with E-state index in [1.807, 2.05) is 18.0 Å². The Balaban J connectivity index is 1.61. The Morgan fingerprint density at radius 3 is 2.76 bits per heavy atom. The number of fused-ring (bicyclic) bond motifs is 1. The highest BCUT2D eigenvalue weighted by molar-refractivity contribution is 5.89. The number of amides is 3. The van der Waals surface area contributed by atoms with Crippen LogP contribution in [-0.4, -0.2) is 68.5 Å². The van der Waals surface area contributed by atoms with Gasteiger partial charge >= 0.3 is 0 Å². The van der Waals surface area contributed by atoms with Crippen LogP contribution in [-0.2, 0) is 20.9 Å². The van der Waals surface area contributed by atoms with E-state index in [0.717, 1.165) is 5.56 Å². The van der Waals surface area contributed by atoms with E-state index in [0.29, 0.717) is 32.5 Å².